The van der Waals surface area contributed by atoms with Crippen LogP contribution in [0.1, 0.15) is 12.8 Å². The van der Waals surface area contributed by atoms with Crippen LogP contribution in [0.4, 0.5) is 0 Å². The van der Waals surface area contributed by atoms with Crippen molar-refractivity contribution in [3.8, 4) is 0 Å². The van der Waals surface area contributed by atoms with Gasteiger partial charge in [-0.2, -0.15) is 0 Å². The molecule has 0 radical (unpaired) electrons. The summed E-state index contributed by atoms with van der Waals surface area (Å²) < 4.78 is 9.06. The maximum absolute atomic E-state index is 10.5. The third-order valence-corrected chi connectivity index (χ3v) is 1.48. The summed E-state index contributed by atoms with van der Waals surface area (Å²) in [6.45, 7) is 0.268. The Hall–Kier alpha value is -2.38. The van der Waals surface area contributed by atoms with E-state index in [1.54, 1.807) is 0 Å². The van der Waals surface area contributed by atoms with Gasteiger partial charge in [0.05, 0.1) is 12.8 Å². The lowest BCUT2D eigenvalue weighted by atomic mass is 10.3. The number of cyclic esters (lactones) is 2. The lowest BCUT2D eigenvalue weighted by Crippen LogP contribution is -2.14. The Labute approximate surface area is 102 Å². The molecule has 18 heavy (non-hydrogen) atoms. The van der Waals surface area contributed by atoms with Crippen LogP contribution >= 0.6 is 0 Å². The zero-order valence-corrected chi connectivity index (χ0v) is 9.33. The summed E-state index contributed by atoms with van der Waals surface area (Å²) in [6.07, 6.45) is 1.49. The minimum Gasteiger partial charge on any atom is -0.481 e. The van der Waals surface area contributed by atoms with Gasteiger partial charge in [0.1, 0.15) is 13.2 Å². The predicted molar refractivity (Wildman–Crippen MR) is 55.6 cm³/mol. The van der Waals surface area contributed by atoms with Crippen LogP contribution < -0.4 is 0 Å². The third kappa shape index (κ3) is 10.1. The molecule has 2 N–H and O–H groups in total. The summed E-state index contributed by atoms with van der Waals surface area (Å²) in [4.78, 5) is 40.2. The topological polar surface area (TPSA) is 127 Å². The average molecular weight is 260 g/mol. The van der Waals surface area contributed by atoms with Gasteiger partial charge in [0.2, 0.25) is 0 Å². The molecule has 1 aliphatic rings. The molecule has 100 valence electrons. The summed E-state index contributed by atoms with van der Waals surface area (Å²) in [6, 6.07) is 0. The molecule has 0 atom stereocenters. The second kappa shape index (κ2) is 8.74. The Kier molecular flexibility index (Phi) is 7.58. The van der Waals surface area contributed by atoms with Gasteiger partial charge in [0, 0.05) is 12.2 Å². The highest BCUT2D eigenvalue weighted by molar-refractivity contribution is 5.92. The summed E-state index contributed by atoms with van der Waals surface area (Å²) >= 11 is 0. The molecule has 0 aromatic heterocycles. The van der Waals surface area contributed by atoms with Crippen LogP contribution in [0.5, 0.6) is 0 Å². The van der Waals surface area contributed by atoms with Crippen molar-refractivity contribution in [1.29, 1.82) is 0 Å². The predicted octanol–water partition coefficient (Wildman–Crippen LogP) is -0.422. The van der Waals surface area contributed by atoms with Gasteiger partial charge in [0.25, 0.3) is 0 Å². The molecule has 0 spiro atoms. The van der Waals surface area contributed by atoms with Gasteiger partial charge in [-0.3, -0.25) is 9.59 Å². The molecule has 0 aromatic rings. The Morgan fingerprint density at radius 1 is 0.944 bits per heavy atom. The lowest BCUT2D eigenvalue weighted by Gasteiger charge is -2.04. The monoisotopic (exact) mass is 260 g/mol. The van der Waals surface area contributed by atoms with E-state index in [0.717, 1.165) is 12.2 Å². The van der Waals surface area contributed by atoms with Crippen LogP contribution in [0.2, 0.25) is 0 Å². The number of esters is 2. The molecule has 0 fully saturated rings. The van der Waals surface area contributed by atoms with Gasteiger partial charge < -0.3 is 19.7 Å². The molecule has 0 bridgehead atoms. The van der Waals surface area contributed by atoms with E-state index in [2.05, 4.69) is 9.47 Å². The fourth-order valence-corrected chi connectivity index (χ4v) is 0.731. The smallest absolute Gasteiger partial charge is 0.331 e. The highest BCUT2D eigenvalue weighted by Crippen LogP contribution is 1.90. The Morgan fingerprint density at radius 2 is 1.28 bits per heavy atom. The molecule has 8 nitrogen and oxygen atoms in total. The number of hydrogen-bond donors (Lipinski definition) is 2. The van der Waals surface area contributed by atoms with E-state index in [9.17, 15) is 19.2 Å². The van der Waals surface area contributed by atoms with E-state index in [1.807, 2.05) is 0 Å². The molecule has 0 aliphatic carbocycles. The van der Waals surface area contributed by atoms with Crippen molar-refractivity contribution in [2.24, 2.45) is 0 Å². The SMILES string of the molecule is O=C(O)CCC(=O)O.O=C1/C=C\C(=O)OCCO1. The number of carboxylic acid groups (broad SMARTS) is 2. The van der Waals surface area contributed by atoms with Crippen molar-refractivity contribution < 1.29 is 38.9 Å². The maximum Gasteiger partial charge on any atom is 0.331 e. The van der Waals surface area contributed by atoms with Crippen molar-refractivity contribution in [3.05, 3.63) is 12.2 Å². The lowest BCUT2D eigenvalue weighted by molar-refractivity contribution is -0.148. The standard InChI is InChI=1S/C6H6O4.C4H6O4/c7-5-1-2-6(8)10-4-3-9-5;5-3(6)1-2-4(7)8/h1-2H,3-4H2;1-2H2,(H,5,6)(H,7,8)/b2-1-;. The molecular weight excluding hydrogens is 248 g/mol. The Morgan fingerprint density at radius 3 is 1.56 bits per heavy atom. The number of ether oxygens (including phenoxy) is 2. The molecule has 0 saturated carbocycles. The molecule has 0 aromatic carbocycles. The van der Waals surface area contributed by atoms with Crippen LogP contribution in [0.15, 0.2) is 12.2 Å². The zero-order chi connectivity index (χ0) is 14.0. The molecule has 0 saturated heterocycles. The van der Waals surface area contributed by atoms with Gasteiger partial charge in [0.15, 0.2) is 0 Å². The number of hydrogen-bond acceptors (Lipinski definition) is 6. The average Bonchev–Trinajstić information content (AvgIpc) is 2.28. The van der Waals surface area contributed by atoms with Crippen LogP contribution in [-0.2, 0) is 28.7 Å². The van der Waals surface area contributed by atoms with E-state index in [0.29, 0.717) is 0 Å². The normalized spacial score (nSPS) is 16.0. The fraction of sp³-hybridized carbons (Fsp3) is 0.400. The second-order valence-corrected chi connectivity index (χ2v) is 2.96. The summed E-state index contributed by atoms with van der Waals surface area (Å²) in [5, 5.41) is 15.8. The molecule has 1 aliphatic heterocycles. The number of rotatable bonds is 3. The van der Waals surface area contributed by atoms with Gasteiger partial charge in [-0.25, -0.2) is 9.59 Å². The maximum atomic E-state index is 10.5. The number of carbonyl (C=O) groups is 4. The van der Waals surface area contributed by atoms with Gasteiger partial charge in [-0.15, -0.1) is 0 Å². The molecule has 0 unspecified atom stereocenters. The van der Waals surface area contributed by atoms with Crippen LogP contribution in [0.25, 0.3) is 0 Å². The van der Waals surface area contributed by atoms with E-state index in [1.165, 1.54) is 0 Å². The number of aliphatic carboxylic acids is 2. The van der Waals surface area contributed by atoms with Gasteiger partial charge >= 0.3 is 23.9 Å². The van der Waals surface area contributed by atoms with E-state index in [4.69, 9.17) is 10.2 Å². The summed E-state index contributed by atoms with van der Waals surface area (Å²) in [7, 11) is 0. The fourth-order valence-electron chi connectivity index (χ4n) is 0.731. The number of carboxylic acids is 2. The van der Waals surface area contributed by atoms with Gasteiger partial charge in [-0.05, 0) is 0 Å². The second-order valence-electron chi connectivity index (χ2n) is 2.96. The molecular formula is C10H12O8. The molecule has 1 heterocycles. The van der Waals surface area contributed by atoms with Crippen molar-refractivity contribution in [2.75, 3.05) is 13.2 Å². The van der Waals surface area contributed by atoms with Crippen LogP contribution in [0.3, 0.4) is 0 Å². The summed E-state index contributed by atoms with van der Waals surface area (Å²) in [5.41, 5.74) is 0. The third-order valence-electron chi connectivity index (χ3n) is 1.48. The van der Waals surface area contributed by atoms with E-state index < -0.39 is 23.9 Å². The van der Waals surface area contributed by atoms with Crippen LogP contribution in [-0.4, -0.2) is 47.3 Å². The summed E-state index contributed by atoms with van der Waals surface area (Å²) in [5.74, 6) is -3.16. The molecule has 0 amide bonds. The first-order valence-corrected chi connectivity index (χ1v) is 4.87. The largest absolute Gasteiger partial charge is 0.481 e. The first-order valence-electron chi connectivity index (χ1n) is 4.87. The van der Waals surface area contributed by atoms with Gasteiger partial charge in [-0.1, -0.05) is 0 Å². The minimum atomic E-state index is -1.08. The Balaban J connectivity index is 0.000000331. The molecule has 1 rings (SSSR count). The first kappa shape index (κ1) is 15.6. The van der Waals surface area contributed by atoms with Crippen molar-refractivity contribution in [2.45, 2.75) is 12.8 Å². The van der Waals surface area contributed by atoms with E-state index in [-0.39, 0.29) is 26.1 Å². The molecule has 8 heteroatoms. The number of carbonyl (C=O) groups excluding carboxylic acids is 2. The van der Waals surface area contributed by atoms with Crippen LogP contribution in [0, 0.1) is 0 Å². The highest BCUT2D eigenvalue weighted by Gasteiger charge is 2.04. The zero-order valence-electron chi connectivity index (χ0n) is 9.33. The Bertz CT molecular complexity index is 323. The highest BCUT2D eigenvalue weighted by atomic mass is 16.6. The van der Waals surface area contributed by atoms with E-state index >= 15 is 0 Å². The van der Waals surface area contributed by atoms with Crippen molar-refractivity contribution in [3.63, 3.8) is 0 Å². The minimum absolute atomic E-state index is 0.134. The van der Waals surface area contributed by atoms with Crippen molar-refractivity contribution in [1.82, 2.24) is 0 Å². The van der Waals surface area contributed by atoms with Crippen molar-refractivity contribution >= 4 is 23.9 Å². The quantitative estimate of drug-likeness (QED) is 0.655. The first-order chi connectivity index (χ1) is 8.41.